The number of fused-ring (bicyclic) bond motifs is 1. The van der Waals surface area contributed by atoms with E-state index < -0.39 is 11.4 Å². The van der Waals surface area contributed by atoms with Gasteiger partial charge in [-0.05, 0) is 57.2 Å². The van der Waals surface area contributed by atoms with E-state index in [2.05, 4.69) is 20.9 Å². The second-order valence-electron chi connectivity index (χ2n) is 7.66. The van der Waals surface area contributed by atoms with Crippen LogP contribution in [0.15, 0.2) is 48.7 Å². The third-order valence-electron chi connectivity index (χ3n) is 3.92. The molecule has 0 aliphatic heterocycles. The number of amides is 3. The van der Waals surface area contributed by atoms with Crippen LogP contribution in [-0.2, 0) is 4.79 Å². The lowest BCUT2D eigenvalue weighted by Crippen LogP contribution is -2.41. The maximum Gasteiger partial charge on any atom is 0.288 e. The Morgan fingerprint density at radius 3 is 2.10 bits per heavy atom. The maximum absolute atomic E-state index is 12.8. The summed E-state index contributed by atoms with van der Waals surface area (Å²) in [4.78, 5) is 40.9. The highest BCUT2D eigenvalue weighted by Crippen LogP contribution is 2.18. The molecule has 0 fully saturated rings. The molecule has 8 nitrogen and oxygen atoms in total. The molecular formula is C21H23N5O3. The Morgan fingerprint density at radius 1 is 0.897 bits per heavy atom. The predicted molar refractivity (Wildman–Crippen MR) is 111 cm³/mol. The van der Waals surface area contributed by atoms with Gasteiger partial charge in [0.1, 0.15) is 0 Å². The van der Waals surface area contributed by atoms with Crippen molar-refractivity contribution in [2.75, 3.05) is 10.6 Å². The van der Waals surface area contributed by atoms with Crippen molar-refractivity contribution in [2.24, 2.45) is 0 Å². The van der Waals surface area contributed by atoms with Gasteiger partial charge in [0.25, 0.3) is 11.8 Å². The van der Waals surface area contributed by atoms with Crippen LogP contribution in [-0.4, -0.2) is 32.6 Å². The van der Waals surface area contributed by atoms with Crippen molar-refractivity contribution < 1.29 is 14.4 Å². The van der Waals surface area contributed by atoms with E-state index in [1.54, 1.807) is 53.1 Å². The third kappa shape index (κ3) is 4.78. The average molecular weight is 393 g/mol. The molecule has 0 spiro atoms. The molecule has 150 valence electrons. The van der Waals surface area contributed by atoms with Crippen LogP contribution >= 0.6 is 0 Å². The summed E-state index contributed by atoms with van der Waals surface area (Å²) in [5, 5.41) is 8.30. The minimum absolute atomic E-state index is 0.140. The lowest BCUT2D eigenvalue weighted by atomic mass is 10.1. The summed E-state index contributed by atoms with van der Waals surface area (Å²) < 4.78 is 1.59. The van der Waals surface area contributed by atoms with Crippen molar-refractivity contribution in [1.29, 1.82) is 0 Å². The highest BCUT2D eigenvalue weighted by molar-refractivity contribution is 6.09. The van der Waals surface area contributed by atoms with Crippen molar-refractivity contribution in [3.63, 3.8) is 0 Å². The van der Waals surface area contributed by atoms with E-state index in [9.17, 15) is 14.4 Å². The molecule has 3 aromatic rings. The van der Waals surface area contributed by atoms with Gasteiger partial charge in [-0.25, -0.2) is 4.98 Å². The van der Waals surface area contributed by atoms with E-state index in [0.717, 1.165) is 0 Å². The number of rotatable bonds is 4. The molecule has 2 heterocycles. The molecule has 8 heteroatoms. The van der Waals surface area contributed by atoms with Crippen LogP contribution in [0.4, 0.5) is 11.4 Å². The van der Waals surface area contributed by atoms with E-state index in [1.807, 2.05) is 20.8 Å². The lowest BCUT2D eigenvalue weighted by Gasteiger charge is -2.19. The largest absolute Gasteiger partial charge is 0.345 e. The number of aromatic nitrogens is 2. The first-order valence-electron chi connectivity index (χ1n) is 9.13. The van der Waals surface area contributed by atoms with Gasteiger partial charge in [0.2, 0.25) is 11.7 Å². The fourth-order valence-electron chi connectivity index (χ4n) is 2.79. The van der Waals surface area contributed by atoms with Crippen LogP contribution in [0.1, 0.15) is 48.8 Å². The zero-order chi connectivity index (χ0) is 21.2. The number of hydrogen-bond donors (Lipinski definition) is 3. The standard InChI is InChI=1S/C21H23N5O3/c1-13(27)22-14-8-10-15(11-9-14)23-19(28)17-16-7-5-6-12-26(16)18(24-17)20(29)25-21(2,3)4/h5-12H,1-4H3,(H,22,27)(H,23,28)(H,25,29). The minimum Gasteiger partial charge on any atom is -0.345 e. The van der Waals surface area contributed by atoms with Crippen molar-refractivity contribution in [3.05, 3.63) is 60.2 Å². The number of carbonyl (C=O) groups is 3. The van der Waals surface area contributed by atoms with Crippen LogP contribution in [0.2, 0.25) is 0 Å². The first kappa shape index (κ1) is 20.1. The van der Waals surface area contributed by atoms with Gasteiger partial charge in [0, 0.05) is 30.0 Å². The molecule has 0 saturated carbocycles. The Kier molecular flexibility index (Phi) is 5.36. The Balaban J connectivity index is 1.88. The molecule has 3 amide bonds. The van der Waals surface area contributed by atoms with Gasteiger partial charge in [-0.2, -0.15) is 0 Å². The summed E-state index contributed by atoms with van der Waals surface area (Å²) in [6.45, 7) is 7.05. The molecule has 0 radical (unpaired) electrons. The van der Waals surface area contributed by atoms with E-state index >= 15 is 0 Å². The second-order valence-corrected chi connectivity index (χ2v) is 7.66. The van der Waals surface area contributed by atoms with E-state index in [0.29, 0.717) is 16.9 Å². The predicted octanol–water partition coefficient (Wildman–Crippen LogP) is 3.07. The van der Waals surface area contributed by atoms with Gasteiger partial charge in [0.15, 0.2) is 5.69 Å². The molecule has 0 saturated heterocycles. The Labute approximate surface area is 168 Å². The average Bonchev–Trinajstić information content (AvgIpc) is 3.01. The van der Waals surface area contributed by atoms with Gasteiger partial charge in [-0.1, -0.05) is 6.07 Å². The highest BCUT2D eigenvalue weighted by Gasteiger charge is 2.24. The zero-order valence-electron chi connectivity index (χ0n) is 16.7. The van der Waals surface area contributed by atoms with Crippen LogP contribution in [0.5, 0.6) is 0 Å². The van der Waals surface area contributed by atoms with Gasteiger partial charge < -0.3 is 16.0 Å². The van der Waals surface area contributed by atoms with E-state index in [-0.39, 0.29) is 23.3 Å². The van der Waals surface area contributed by atoms with E-state index in [1.165, 1.54) is 6.92 Å². The summed E-state index contributed by atoms with van der Waals surface area (Å²) in [5.41, 5.74) is 1.41. The first-order valence-corrected chi connectivity index (χ1v) is 9.13. The summed E-state index contributed by atoms with van der Waals surface area (Å²) in [5.74, 6) is -0.831. The van der Waals surface area contributed by atoms with Crippen molar-refractivity contribution in [2.45, 2.75) is 33.2 Å². The number of benzene rings is 1. The lowest BCUT2D eigenvalue weighted by molar-refractivity contribution is -0.114. The maximum atomic E-state index is 12.8. The van der Waals surface area contributed by atoms with E-state index in [4.69, 9.17) is 0 Å². The summed E-state index contributed by atoms with van der Waals surface area (Å²) >= 11 is 0. The molecule has 0 aliphatic rings. The summed E-state index contributed by atoms with van der Waals surface area (Å²) in [6.07, 6.45) is 1.69. The number of pyridine rings is 1. The first-order chi connectivity index (χ1) is 13.6. The number of carbonyl (C=O) groups excluding carboxylic acids is 3. The molecule has 29 heavy (non-hydrogen) atoms. The van der Waals surface area contributed by atoms with Crippen molar-refractivity contribution in [3.8, 4) is 0 Å². The van der Waals surface area contributed by atoms with Gasteiger partial charge in [0.05, 0.1) is 5.52 Å². The van der Waals surface area contributed by atoms with Gasteiger partial charge in [-0.15, -0.1) is 0 Å². The van der Waals surface area contributed by atoms with Crippen LogP contribution < -0.4 is 16.0 Å². The zero-order valence-corrected chi connectivity index (χ0v) is 16.7. The molecule has 0 bridgehead atoms. The quantitative estimate of drug-likeness (QED) is 0.633. The molecule has 0 unspecified atom stereocenters. The SMILES string of the molecule is CC(=O)Nc1ccc(NC(=O)c2nc(C(=O)NC(C)(C)C)n3ccccc23)cc1. The second kappa shape index (κ2) is 7.75. The van der Waals surface area contributed by atoms with Gasteiger partial charge >= 0.3 is 0 Å². The van der Waals surface area contributed by atoms with Crippen molar-refractivity contribution in [1.82, 2.24) is 14.7 Å². The fraction of sp³-hybridized carbons (Fsp3) is 0.238. The third-order valence-corrected chi connectivity index (χ3v) is 3.92. The summed E-state index contributed by atoms with van der Waals surface area (Å²) in [7, 11) is 0. The smallest absolute Gasteiger partial charge is 0.288 e. The Morgan fingerprint density at radius 2 is 1.52 bits per heavy atom. The van der Waals surface area contributed by atoms with Crippen LogP contribution in [0, 0.1) is 0 Å². The monoisotopic (exact) mass is 393 g/mol. The van der Waals surface area contributed by atoms with Crippen LogP contribution in [0.25, 0.3) is 5.52 Å². The topological polar surface area (TPSA) is 105 Å². The molecule has 3 N–H and O–H groups in total. The normalized spacial score (nSPS) is 11.2. The number of anilines is 2. The Bertz CT molecular complexity index is 1080. The molecule has 1 aromatic carbocycles. The Hall–Kier alpha value is -3.68. The molecule has 0 atom stereocenters. The summed E-state index contributed by atoms with van der Waals surface area (Å²) in [6, 6.07) is 12.0. The number of nitrogens with zero attached hydrogens (tertiary/aromatic N) is 2. The number of nitrogens with one attached hydrogen (secondary N) is 3. The highest BCUT2D eigenvalue weighted by atomic mass is 16.2. The molecule has 2 aromatic heterocycles. The molecular weight excluding hydrogens is 370 g/mol. The van der Waals surface area contributed by atoms with Crippen LogP contribution in [0.3, 0.4) is 0 Å². The number of hydrogen-bond acceptors (Lipinski definition) is 4. The molecule has 0 aliphatic carbocycles. The minimum atomic E-state index is -0.435. The number of imidazole rings is 1. The van der Waals surface area contributed by atoms with Gasteiger partial charge in [-0.3, -0.25) is 18.8 Å². The van der Waals surface area contributed by atoms with Crippen molar-refractivity contribution >= 4 is 34.6 Å². The fourth-order valence-corrected chi connectivity index (χ4v) is 2.79. The molecule has 3 rings (SSSR count).